The first kappa shape index (κ1) is 12.9. The van der Waals surface area contributed by atoms with Gasteiger partial charge >= 0.3 is 0 Å². The molecular formula is C15H22ClN. The van der Waals surface area contributed by atoms with Gasteiger partial charge in [-0.05, 0) is 62.4 Å². The number of hydrogen-bond acceptors (Lipinski definition) is 1. The predicted octanol–water partition coefficient (Wildman–Crippen LogP) is 3.75. The molecule has 0 bridgehead atoms. The van der Waals surface area contributed by atoms with E-state index in [1.165, 1.54) is 42.6 Å². The summed E-state index contributed by atoms with van der Waals surface area (Å²) in [4.78, 5) is 2.55. The largest absolute Gasteiger partial charge is 0.299 e. The summed E-state index contributed by atoms with van der Waals surface area (Å²) in [5, 5.41) is 0. The highest BCUT2D eigenvalue weighted by Crippen LogP contribution is 2.20. The second kappa shape index (κ2) is 5.88. The van der Waals surface area contributed by atoms with Gasteiger partial charge < -0.3 is 0 Å². The SMILES string of the molecule is Cc1ccc(CN2CCC(CCl)CC2)cc1C. The molecule has 0 aromatic heterocycles. The van der Waals surface area contributed by atoms with E-state index in [0.29, 0.717) is 0 Å². The highest BCUT2D eigenvalue weighted by Gasteiger charge is 2.18. The lowest BCUT2D eigenvalue weighted by molar-refractivity contribution is 0.186. The molecule has 1 aliphatic heterocycles. The lowest BCUT2D eigenvalue weighted by atomic mass is 9.98. The molecule has 94 valence electrons. The summed E-state index contributed by atoms with van der Waals surface area (Å²) in [6.45, 7) is 7.86. The molecule has 1 aromatic rings. The molecule has 2 heteroatoms. The van der Waals surface area contributed by atoms with Crippen LogP contribution in [0.3, 0.4) is 0 Å². The van der Waals surface area contributed by atoms with Crippen molar-refractivity contribution in [2.24, 2.45) is 5.92 Å². The monoisotopic (exact) mass is 251 g/mol. The Balaban J connectivity index is 1.91. The zero-order chi connectivity index (χ0) is 12.3. The molecule has 1 heterocycles. The van der Waals surface area contributed by atoms with Crippen molar-refractivity contribution >= 4 is 11.6 Å². The Morgan fingerprint density at radius 3 is 2.47 bits per heavy atom. The lowest BCUT2D eigenvalue weighted by Crippen LogP contribution is -2.33. The minimum Gasteiger partial charge on any atom is -0.299 e. The minimum atomic E-state index is 0.743. The van der Waals surface area contributed by atoms with E-state index in [0.717, 1.165) is 18.3 Å². The van der Waals surface area contributed by atoms with E-state index in [1.807, 2.05) is 0 Å². The van der Waals surface area contributed by atoms with Gasteiger partial charge in [-0.1, -0.05) is 18.2 Å². The first-order chi connectivity index (χ1) is 8.19. The van der Waals surface area contributed by atoms with Crippen molar-refractivity contribution in [3.8, 4) is 0 Å². The number of aryl methyl sites for hydroxylation is 2. The van der Waals surface area contributed by atoms with Crippen LogP contribution in [0.25, 0.3) is 0 Å². The van der Waals surface area contributed by atoms with Crippen LogP contribution in [0.4, 0.5) is 0 Å². The van der Waals surface area contributed by atoms with Gasteiger partial charge in [0.05, 0.1) is 0 Å². The third-order valence-corrected chi connectivity index (χ3v) is 4.34. The first-order valence-corrected chi connectivity index (χ1v) is 7.07. The summed E-state index contributed by atoms with van der Waals surface area (Å²) in [6, 6.07) is 6.81. The van der Waals surface area contributed by atoms with Crippen LogP contribution in [-0.4, -0.2) is 23.9 Å². The molecule has 1 nitrogen and oxygen atoms in total. The molecule has 0 spiro atoms. The topological polar surface area (TPSA) is 3.24 Å². The Morgan fingerprint density at radius 2 is 1.88 bits per heavy atom. The molecule has 2 rings (SSSR count). The minimum absolute atomic E-state index is 0.743. The van der Waals surface area contributed by atoms with Crippen LogP contribution in [0, 0.1) is 19.8 Å². The van der Waals surface area contributed by atoms with Crippen molar-refractivity contribution in [3.05, 3.63) is 34.9 Å². The molecule has 0 N–H and O–H groups in total. The fourth-order valence-corrected chi connectivity index (χ4v) is 2.77. The third kappa shape index (κ3) is 3.46. The Labute approximate surface area is 110 Å². The van der Waals surface area contributed by atoms with Crippen molar-refractivity contribution < 1.29 is 0 Å². The van der Waals surface area contributed by atoms with Gasteiger partial charge in [-0.2, -0.15) is 0 Å². The van der Waals surface area contributed by atoms with Crippen LogP contribution >= 0.6 is 11.6 Å². The summed E-state index contributed by atoms with van der Waals surface area (Å²) in [6.07, 6.45) is 2.52. The molecule has 0 radical (unpaired) electrons. The number of likely N-dealkylation sites (tertiary alicyclic amines) is 1. The summed E-state index contributed by atoms with van der Waals surface area (Å²) in [7, 11) is 0. The van der Waals surface area contributed by atoms with Gasteiger partial charge in [0.15, 0.2) is 0 Å². The predicted molar refractivity (Wildman–Crippen MR) is 74.6 cm³/mol. The second-order valence-electron chi connectivity index (χ2n) is 5.29. The maximum atomic E-state index is 5.91. The van der Waals surface area contributed by atoms with Gasteiger partial charge in [-0.25, -0.2) is 0 Å². The average Bonchev–Trinajstić information content (AvgIpc) is 2.35. The van der Waals surface area contributed by atoms with E-state index in [4.69, 9.17) is 11.6 Å². The van der Waals surface area contributed by atoms with E-state index in [-0.39, 0.29) is 0 Å². The summed E-state index contributed by atoms with van der Waals surface area (Å²) >= 11 is 5.91. The Morgan fingerprint density at radius 1 is 1.18 bits per heavy atom. The Bertz CT molecular complexity index is 367. The van der Waals surface area contributed by atoms with E-state index < -0.39 is 0 Å². The normalized spacial score (nSPS) is 18.5. The second-order valence-corrected chi connectivity index (χ2v) is 5.60. The van der Waals surface area contributed by atoms with Crippen molar-refractivity contribution in [1.82, 2.24) is 4.90 Å². The Hall–Kier alpha value is -0.530. The molecule has 0 unspecified atom stereocenters. The fourth-order valence-electron chi connectivity index (χ4n) is 2.46. The summed E-state index contributed by atoms with van der Waals surface area (Å²) in [5.74, 6) is 1.57. The number of hydrogen-bond donors (Lipinski definition) is 0. The molecule has 0 saturated carbocycles. The smallest absolute Gasteiger partial charge is 0.0252 e. The molecule has 1 aliphatic rings. The average molecular weight is 252 g/mol. The van der Waals surface area contributed by atoms with Crippen molar-refractivity contribution in [3.63, 3.8) is 0 Å². The highest BCUT2D eigenvalue weighted by molar-refractivity contribution is 6.18. The van der Waals surface area contributed by atoms with Crippen molar-refractivity contribution in [2.75, 3.05) is 19.0 Å². The molecule has 0 aliphatic carbocycles. The molecule has 1 aromatic carbocycles. The maximum absolute atomic E-state index is 5.91. The van der Waals surface area contributed by atoms with E-state index in [2.05, 4.69) is 36.9 Å². The zero-order valence-electron chi connectivity index (χ0n) is 10.9. The van der Waals surface area contributed by atoms with Gasteiger partial charge in [0, 0.05) is 12.4 Å². The number of alkyl halides is 1. The van der Waals surface area contributed by atoms with Crippen LogP contribution in [-0.2, 0) is 6.54 Å². The molecule has 1 saturated heterocycles. The molecular weight excluding hydrogens is 230 g/mol. The quantitative estimate of drug-likeness (QED) is 0.740. The number of rotatable bonds is 3. The molecule has 1 fully saturated rings. The van der Waals surface area contributed by atoms with Crippen LogP contribution in [0.5, 0.6) is 0 Å². The molecule has 0 atom stereocenters. The number of nitrogens with zero attached hydrogens (tertiary/aromatic N) is 1. The highest BCUT2D eigenvalue weighted by atomic mass is 35.5. The van der Waals surface area contributed by atoms with Gasteiger partial charge in [0.1, 0.15) is 0 Å². The van der Waals surface area contributed by atoms with Gasteiger partial charge in [-0.15, -0.1) is 11.6 Å². The fraction of sp³-hybridized carbons (Fsp3) is 0.600. The summed E-state index contributed by atoms with van der Waals surface area (Å²) < 4.78 is 0. The molecule has 0 amide bonds. The third-order valence-electron chi connectivity index (χ3n) is 3.90. The van der Waals surface area contributed by atoms with Gasteiger partial charge in [0.25, 0.3) is 0 Å². The van der Waals surface area contributed by atoms with Crippen LogP contribution < -0.4 is 0 Å². The van der Waals surface area contributed by atoms with Crippen molar-refractivity contribution in [1.29, 1.82) is 0 Å². The van der Waals surface area contributed by atoms with E-state index in [1.54, 1.807) is 0 Å². The Kier molecular flexibility index (Phi) is 4.47. The van der Waals surface area contributed by atoms with E-state index in [9.17, 15) is 0 Å². The van der Waals surface area contributed by atoms with Crippen LogP contribution in [0.1, 0.15) is 29.5 Å². The zero-order valence-corrected chi connectivity index (χ0v) is 11.6. The van der Waals surface area contributed by atoms with Crippen LogP contribution in [0.15, 0.2) is 18.2 Å². The standard InChI is InChI=1S/C15H22ClN/c1-12-3-4-15(9-13(12)2)11-17-7-5-14(10-16)6-8-17/h3-4,9,14H,5-8,10-11H2,1-2H3. The lowest BCUT2D eigenvalue weighted by Gasteiger charge is -2.31. The number of benzene rings is 1. The summed E-state index contributed by atoms with van der Waals surface area (Å²) in [5.41, 5.74) is 4.23. The molecule has 17 heavy (non-hydrogen) atoms. The van der Waals surface area contributed by atoms with Crippen molar-refractivity contribution in [2.45, 2.75) is 33.2 Å². The van der Waals surface area contributed by atoms with E-state index >= 15 is 0 Å². The maximum Gasteiger partial charge on any atom is 0.0252 e. The number of piperidine rings is 1. The number of halogens is 1. The first-order valence-electron chi connectivity index (χ1n) is 6.53. The van der Waals surface area contributed by atoms with Gasteiger partial charge in [0.2, 0.25) is 0 Å². The van der Waals surface area contributed by atoms with Crippen LogP contribution in [0.2, 0.25) is 0 Å². The van der Waals surface area contributed by atoms with Gasteiger partial charge in [-0.3, -0.25) is 4.90 Å².